The van der Waals surface area contributed by atoms with Gasteiger partial charge in [0.25, 0.3) is 0 Å². The van der Waals surface area contributed by atoms with Crippen LogP contribution in [0.3, 0.4) is 0 Å². The van der Waals surface area contributed by atoms with Gasteiger partial charge in [0.05, 0.1) is 0 Å². The number of carbonyl (C=O) groups is 1. The summed E-state index contributed by atoms with van der Waals surface area (Å²) in [5, 5.41) is 32.3. The van der Waals surface area contributed by atoms with Gasteiger partial charge in [0.1, 0.15) is 11.4 Å². The van der Waals surface area contributed by atoms with Crippen LogP contribution in [0.2, 0.25) is 0 Å². The summed E-state index contributed by atoms with van der Waals surface area (Å²) < 4.78 is 0. The van der Waals surface area contributed by atoms with Gasteiger partial charge in [0.2, 0.25) is 5.78 Å². The van der Waals surface area contributed by atoms with Crippen LogP contribution in [0.1, 0.15) is 0 Å². The number of benzene rings is 1. The largest absolute Gasteiger partial charge is 0.628 e. The fraction of sp³-hybridized carbons (Fsp3) is 0.0833. The second-order valence-electron chi connectivity index (χ2n) is 4.14. The highest BCUT2D eigenvalue weighted by molar-refractivity contribution is 5.99. The Morgan fingerprint density at radius 2 is 2.17 bits per heavy atom. The molecule has 1 heterocycles. The van der Waals surface area contributed by atoms with Crippen molar-refractivity contribution in [2.75, 3.05) is 5.06 Å². The molecule has 0 saturated heterocycles. The van der Waals surface area contributed by atoms with Crippen molar-refractivity contribution in [3.05, 3.63) is 47.3 Å². The highest BCUT2D eigenvalue weighted by Gasteiger charge is 2.41. The molecule has 0 spiro atoms. The van der Waals surface area contributed by atoms with Crippen molar-refractivity contribution in [3.63, 3.8) is 0 Å². The number of phenols is 1. The maximum atomic E-state index is 12.2. The smallest absolute Gasteiger partial charge is 0.219 e. The molecule has 6 heteroatoms. The molecular weight excluding hydrogens is 236 g/mol. The van der Waals surface area contributed by atoms with Crippen LogP contribution in [0.15, 0.2) is 42.1 Å². The van der Waals surface area contributed by atoms with E-state index >= 15 is 0 Å². The van der Waals surface area contributed by atoms with E-state index < -0.39 is 11.1 Å². The molecule has 0 aromatic heterocycles. The van der Waals surface area contributed by atoms with Crippen molar-refractivity contribution >= 4 is 17.2 Å². The highest BCUT2D eigenvalue weighted by atomic mass is 16.5. The summed E-state index contributed by atoms with van der Waals surface area (Å²) in [4.78, 5) is 11.7. The predicted molar refractivity (Wildman–Crippen MR) is 62.4 cm³/mol. The molecule has 1 aromatic carbocycles. The predicted octanol–water partition coefficient (Wildman–Crippen LogP) is 0.00700. The fourth-order valence-electron chi connectivity index (χ4n) is 2.27. The number of fused-ring (bicyclic) bond motifs is 2. The zero-order valence-electron chi connectivity index (χ0n) is 9.20. The van der Waals surface area contributed by atoms with Crippen LogP contribution in [0, 0.1) is 5.21 Å². The zero-order valence-corrected chi connectivity index (χ0v) is 9.20. The topological polar surface area (TPSA) is 88.3 Å². The van der Waals surface area contributed by atoms with Crippen molar-refractivity contribution < 1.29 is 20.2 Å². The molecule has 2 unspecified atom stereocenters. The van der Waals surface area contributed by atoms with Gasteiger partial charge in [-0.15, -0.1) is 0 Å². The molecule has 18 heavy (non-hydrogen) atoms. The van der Waals surface area contributed by atoms with E-state index in [2.05, 4.69) is 0 Å². The Morgan fingerprint density at radius 3 is 2.94 bits per heavy atom. The Morgan fingerprint density at radius 1 is 1.39 bits per heavy atom. The Kier molecular flexibility index (Phi) is 2.24. The summed E-state index contributed by atoms with van der Waals surface area (Å²) in [6.45, 7) is 0. The third kappa shape index (κ3) is 1.31. The standard InChI is InChI=1S/C12H10N2O4/c15-9-5-1-3-7-11(9)14(18)8-4-2-6-10(16)12(8)13(7)17/h1-6,11,14,16-17H. The van der Waals surface area contributed by atoms with Crippen LogP contribution < -0.4 is 10.1 Å². The minimum Gasteiger partial charge on any atom is -0.628 e. The van der Waals surface area contributed by atoms with E-state index in [1.165, 1.54) is 36.4 Å². The number of allylic oxidation sites excluding steroid dienone is 2. The van der Waals surface area contributed by atoms with Crippen LogP contribution in [-0.4, -0.2) is 22.1 Å². The van der Waals surface area contributed by atoms with Gasteiger partial charge in [-0.3, -0.25) is 10.0 Å². The first-order valence-corrected chi connectivity index (χ1v) is 5.38. The van der Waals surface area contributed by atoms with E-state index in [9.17, 15) is 20.3 Å². The maximum absolute atomic E-state index is 12.2. The number of anilines is 1. The third-order valence-electron chi connectivity index (χ3n) is 3.11. The minimum atomic E-state index is -1.02. The second kappa shape index (κ2) is 3.67. The molecule has 2 atom stereocenters. The van der Waals surface area contributed by atoms with Crippen LogP contribution in [0.5, 0.6) is 5.75 Å². The lowest BCUT2D eigenvalue weighted by Crippen LogP contribution is -3.09. The Hall–Kier alpha value is -2.15. The molecule has 92 valence electrons. The van der Waals surface area contributed by atoms with Gasteiger partial charge in [-0.1, -0.05) is 12.1 Å². The number of carbonyl (C=O) groups excluding carboxylic acids is 1. The number of phenolic OH excluding ortho intramolecular Hbond substituents is 1. The zero-order chi connectivity index (χ0) is 12.9. The average Bonchev–Trinajstić information content (AvgIpc) is 2.35. The Labute approximate surface area is 102 Å². The van der Waals surface area contributed by atoms with Crippen molar-refractivity contribution in [2.45, 2.75) is 6.04 Å². The summed E-state index contributed by atoms with van der Waals surface area (Å²) in [6.07, 6.45) is 4.25. The number of para-hydroxylation sites is 1. The van der Waals surface area contributed by atoms with Gasteiger partial charge in [-0.2, -0.15) is 0 Å². The molecule has 0 fully saturated rings. The van der Waals surface area contributed by atoms with Crippen molar-refractivity contribution in [3.8, 4) is 5.75 Å². The molecule has 2 aliphatic rings. The van der Waals surface area contributed by atoms with Gasteiger partial charge in [-0.05, 0) is 18.2 Å². The molecule has 3 rings (SSSR count). The van der Waals surface area contributed by atoms with Gasteiger partial charge >= 0.3 is 0 Å². The number of hydrogen-bond acceptors (Lipinski definition) is 5. The van der Waals surface area contributed by atoms with Crippen molar-refractivity contribution in [1.29, 1.82) is 0 Å². The number of ketones is 1. The number of hydrogen-bond donors (Lipinski definition) is 3. The lowest BCUT2D eigenvalue weighted by atomic mass is 9.98. The molecule has 0 bridgehead atoms. The van der Waals surface area contributed by atoms with E-state index in [0.717, 1.165) is 0 Å². The van der Waals surface area contributed by atoms with Crippen LogP contribution in [0.4, 0.5) is 11.4 Å². The summed E-state index contributed by atoms with van der Waals surface area (Å²) in [5.74, 6) is -0.574. The van der Waals surface area contributed by atoms with E-state index in [0.29, 0.717) is 5.06 Å². The van der Waals surface area contributed by atoms with Crippen molar-refractivity contribution in [1.82, 2.24) is 0 Å². The quantitative estimate of drug-likeness (QED) is 0.561. The van der Waals surface area contributed by atoms with Crippen molar-refractivity contribution in [2.24, 2.45) is 0 Å². The number of rotatable bonds is 0. The third-order valence-corrected chi connectivity index (χ3v) is 3.11. The van der Waals surface area contributed by atoms with E-state index in [-0.39, 0.29) is 28.6 Å². The Bertz CT molecular complexity index is 594. The molecule has 3 N–H and O–H groups in total. The van der Waals surface area contributed by atoms with Gasteiger partial charge in [0.15, 0.2) is 17.4 Å². The second-order valence-corrected chi connectivity index (χ2v) is 4.14. The summed E-state index contributed by atoms with van der Waals surface area (Å²) >= 11 is 0. The molecule has 0 amide bonds. The lowest BCUT2D eigenvalue weighted by molar-refractivity contribution is -0.790. The number of hydroxylamine groups is 2. The van der Waals surface area contributed by atoms with Crippen LogP contribution >= 0.6 is 0 Å². The molecule has 1 aliphatic heterocycles. The fourth-order valence-corrected chi connectivity index (χ4v) is 2.27. The molecule has 6 nitrogen and oxygen atoms in total. The summed E-state index contributed by atoms with van der Waals surface area (Å²) in [7, 11) is 0. The molecule has 1 aromatic rings. The van der Waals surface area contributed by atoms with Gasteiger partial charge in [0, 0.05) is 6.07 Å². The first-order valence-electron chi connectivity index (χ1n) is 5.38. The number of nitrogens with one attached hydrogen (secondary N) is 1. The van der Waals surface area contributed by atoms with Crippen LogP contribution in [-0.2, 0) is 4.79 Å². The number of nitrogens with zero attached hydrogens (tertiary/aromatic N) is 1. The minimum absolute atomic E-state index is 0.0214. The van der Waals surface area contributed by atoms with E-state index in [4.69, 9.17) is 0 Å². The molecular formula is C12H10N2O4. The molecule has 0 saturated carbocycles. The maximum Gasteiger partial charge on any atom is 0.219 e. The average molecular weight is 246 g/mol. The van der Waals surface area contributed by atoms with E-state index in [1.54, 1.807) is 0 Å². The summed E-state index contributed by atoms with van der Waals surface area (Å²) in [6, 6.07) is 3.33. The van der Waals surface area contributed by atoms with Gasteiger partial charge in [-0.25, -0.2) is 5.06 Å². The van der Waals surface area contributed by atoms with Gasteiger partial charge < -0.3 is 15.4 Å². The summed E-state index contributed by atoms with van der Waals surface area (Å²) in [5.41, 5.74) is 0.331. The first kappa shape index (κ1) is 11.0. The number of quaternary nitrogens is 1. The lowest BCUT2D eigenvalue weighted by Gasteiger charge is -2.40. The first-order chi connectivity index (χ1) is 8.61. The highest BCUT2D eigenvalue weighted by Crippen LogP contribution is 2.38. The van der Waals surface area contributed by atoms with E-state index in [1.807, 2.05) is 0 Å². The number of aromatic hydroxyl groups is 1. The molecule has 0 radical (unpaired) electrons. The SMILES string of the molecule is O=C1C=CC=C2C1[NH+]([O-])c1cccc(O)c1N2O. The normalized spacial score (nSPS) is 25.6. The molecule has 1 aliphatic carbocycles. The monoisotopic (exact) mass is 246 g/mol. The van der Waals surface area contributed by atoms with Crippen LogP contribution in [0.25, 0.3) is 0 Å². The Balaban J connectivity index is 2.24.